The fourth-order valence-electron chi connectivity index (χ4n) is 5.02. The Labute approximate surface area is 212 Å². The normalized spacial score (nSPS) is 15.9. The molecule has 0 saturated carbocycles. The molecule has 2 atom stereocenters. The maximum atomic E-state index is 13.6. The largest absolute Gasteiger partial charge is 0.308 e. The minimum Gasteiger partial charge on any atom is -0.308 e. The lowest BCUT2D eigenvalue weighted by Gasteiger charge is -2.25. The molecule has 36 heavy (non-hydrogen) atoms. The number of benzene rings is 3. The van der Waals surface area contributed by atoms with Gasteiger partial charge in [-0.2, -0.15) is 0 Å². The van der Waals surface area contributed by atoms with Crippen molar-refractivity contribution in [3.63, 3.8) is 0 Å². The van der Waals surface area contributed by atoms with E-state index in [1.807, 2.05) is 89.0 Å². The molecule has 3 heterocycles. The summed E-state index contributed by atoms with van der Waals surface area (Å²) in [6.45, 7) is 4.37. The molecule has 2 unspecified atom stereocenters. The Morgan fingerprint density at radius 3 is 2.56 bits per heavy atom. The lowest BCUT2D eigenvalue weighted by molar-refractivity contribution is -0.118. The summed E-state index contributed by atoms with van der Waals surface area (Å²) in [4.78, 5) is 28.9. The van der Waals surface area contributed by atoms with E-state index in [1.54, 1.807) is 4.57 Å². The molecular weight excluding hydrogens is 470 g/mol. The van der Waals surface area contributed by atoms with Crippen molar-refractivity contribution in [1.82, 2.24) is 19.2 Å². The van der Waals surface area contributed by atoms with Crippen LogP contribution < -0.4 is 10.5 Å². The van der Waals surface area contributed by atoms with Crippen molar-refractivity contribution in [2.24, 2.45) is 0 Å². The SMILES string of the molecule is CC(Sc1nnc2n(Cc3ccccc3)c(=O)c3ccccc3n12)C(=O)N1c2ccccc2CC1C. The van der Waals surface area contributed by atoms with Gasteiger partial charge in [-0.25, -0.2) is 0 Å². The molecule has 180 valence electrons. The van der Waals surface area contributed by atoms with Gasteiger partial charge in [0.25, 0.3) is 5.56 Å². The first kappa shape index (κ1) is 22.5. The van der Waals surface area contributed by atoms with Gasteiger partial charge in [0.2, 0.25) is 11.7 Å². The van der Waals surface area contributed by atoms with Crippen LogP contribution in [0.4, 0.5) is 5.69 Å². The summed E-state index contributed by atoms with van der Waals surface area (Å²) in [6.07, 6.45) is 0.851. The maximum Gasteiger partial charge on any atom is 0.263 e. The van der Waals surface area contributed by atoms with Crippen LogP contribution in [-0.2, 0) is 17.8 Å². The van der Waals surface area contributed by atoms with Gasteiger partial charge >= 0.3 is 0 Å². The van der Waals surface area contributed by atoms with Gasteiger partial charge in [0, 0.05) is 11.7 Å². The average molecular weight is 496 g/mol. The molecule has 0 bridgehead atoms. The van der Waals surface area contributed by atoms with Crippen LogP contribution >= 0.6 is 11.8 Å². The molecule has 2 aromatic heterocycles. The highest BCUT2D eigenvalue weighted by atomic mass is 32.2. The van der Waals surface area contributed by atoms with Crippen molar-refractivity contribution in [2.75, 3.05) is 4.90 Å². The number of amides is 1. The van der Waals surface area contributed by atoms with Crippen LogP contribution in [0.5, 0.6) is 0 Å². The maximum absolute atomic E-state index is 13.6. The summed E-state index contributed by atoms with van der Waals surface area (Å²) >= 11 is 1.37. The number of para-hydroxylation sites is 2. The van der Waals surface area contributed by atoms with E-state index in [9.17, 15) is 9.59 Å². The van der Waals surface area contributed by atoms with Gasteiger partial charge in [0.15, 0.2) is 5.16 Å². The van der Waals surface area contributed by atoms with E-state index >= 15 is 0 Å². The third-order valence-electron chi connectivity index (χ3n) is 6.74. The third kappa shape index (κ3) is 3.69. The number of fused-ring (bicyclic) bond motifs is 4. The second-order valence-corrected chi connectivity index (χ2v) is 10.5. The number of hydrogen-bond acceptors (Lipinski definition) is 5. The van der Waals surface area contributed by atoms with E-state index in [2.05, 4.69) is 23.2 Å². The highest BCUT2D eigenvalue weighted by molar-refractivity contribution is 8.00. The number of carbonyl (C=O) groups is 1. The van der Waals surface area contributed by atoms with E-state index in [1.165, 1.54) is 17.3 Å². The highest BCUT2D eigenvalue weighted by Gasteiger charge is 2.34. The third-order valence-corrected chi connectivity index (χ3v) is 7.77. The first-order valence-electron chi connectivity index (χ1n) is 12.0. The monoisotopic (exact) mass is 495 g/mol. The lowest BCUT2D eigenvalue weighted by atomic mass is 10.1. The van der Waals surface area contributed by atoms with E-state index < -0.39 is 0 Å². The Morgan fingerprint density at radius 2 is 1.72 bits per heavy atom. The molecule has 3 aromatic carbocycles. The standard InChI is InChI=1S/C28H25N5O2S/c1-18-16-21-12-6-8-14-23(21)32(18)25(34)19(2)36-28-30-29-27-31(17-20-10-4-3-5-11-20)26(35)22-13-7-9-15-24(22)33(27)28/h3-15,18-19H,16-17H2,1-2H3. The van der Waals surface area contributed by atoms with Crippen LogP contribution in [0.25, 0.3) is 16.7 Å². The molecule has 0 fully saturated rings. The first-order valence-corrected chi connectivity index (χ1v) is 12.9. The van der Waals surface area contributed by atoms with Gasteiger partial charge in [-0.05, 0) is 49.6 Å². The smallest absolute Gasteiger partial charge is 0.263 e. The predicted molar refractivity (Wildman–Crippen MR) is 143 cm³/mol. The van der Waals surface area contributed by atoms with E-state index in [0.29, 0.717) is 22.9 Å². The molecule has 1 aliphatic rings. The molecule has 0 aliphatic carbocycles. The first-order chi connectivity index (χ1) is 17.5. The number of carbonyl (C=O) groups excluding carboxylic acids is 1. The van der Waals surface area contributed by atoms with E-state index in [0.717, 1.165) is 23.2 Å². The summed E-state index contributed by atoms with van der Waals surface area (Å²) in [5.41, 5.74) is 3.79. The van der Waals surface area contributed by atoms with Crippen LogP contribution in [0.2, 0.25) is 0 Å². The van der Waals surface area contributed by atoms with Crippen molar-refractivity contribution in [2.45, 2.75) is 43.3 Å². The molecule has 7 nitrogen and oxygen atoms in total. The minimum absolute atomic E-state index is 0.0381. The molecular formula is C28H25N5O2S. The fraction of sp³-hybridized carbons (Fsp3) is 0.214. The molecule has 6 rings (SSSR count). The molecule has 0 radical (unpaired) electrons. The zero-order valence-electron chi connectivity index (χ0n) is 20.0. The summed E-state index contributed by atoms with van der Waals surface area (Å²) in [6, 6.07) is 25.5. The zero-order valence-corrected chi connectivity index (χ0v) is 20.9. The molecule has 1 aliphatic heterocycles. The van der Waals surface area contributed by atoms with Gasteiger partial charge in [0.05, 0.1) is 22.7 Å². The molecule has 5 aromatic rings. The summed E-state index contributed by atoms with van der Waals surface area (Å²) in [5, 5.41) is 9.65. The van der Waals surface area contributed by atoms with Crippen LogP contribution in [-0.4, -0.2) is 36.4 Å². The zero-order chi connectivity index (χ0) is 24.8. The Hall–Kier alpha value is -3.91. The van der Waals surface area contributed by atoms with Crippen molar-refractivity contribution in [3.8, 4) is 0 Å². The van der Waals surface area contributed by atoms with Crippen molar-refractivity contribution < 1.29 is 4.79 Å². The number of rotatable bonds is 5. The quantitative estimate of drug-likeness (QED) is 0.335. The molecule has 0 spiro atoms. The van der Waals surface area contributed by atoms with E-state index in [-0.39, 0.29) is 22.8 Å². The Balaban J connectivity index is 1.41. The second-order valence-electron chi connectivity index (χ2n) is 9.16. The van der Waals surface area contributed by atoms with Crippen LogP contribution in [0.1, 0.15) is 25.0 Å². The minimum atomic E-state index is -0.390. The van der Waals surface area contributed by atoms with Gasteiger partial charge in [-0.15, -0.1) is 10.2 Å². The molecule has 0 N–H and O–H groups in total. The van der Waals surface area contributed by atoms with Gasteiger partial charge in [0.1, 0.15) is 0 Å². The van der Waals surface area contributed by atoms with Crippen molar-refractivity contribution >= 4 is 40.0 Å². The number of aromatic nitrogens is 4. The number of nitrogens with zero attached hydrogens (tertiary/aromatic N) is 5. The van der Waals surface area contributed by atoms with Crippen LogP contribution in [0.3, 0.4) is 0 Å². The molecule has 8 heteroatoms. The number of hydrogen-bond donors (Lipinski definition) is 0. The van der Waals surface area contributed by atoms with E-state index in [4.69, 9.17) is 0 Å². The summed E-state index contributed by atoms with van der Waals surface area (Å²) < 4.78 is 3.55. The average Bonchev–Trinajstić information content (AvgIpc) is 3.47. The Bertz CT molecular complexity index is 1660. The Morgan fingerprint density at radius 1 is 1.00 bits per heavy atom. The number of anilines is 1. The summed E-state index contributed by atoms with van der Waals surface area (Å²) in [5.74, 6) is 0.501. The topological polar surface area (TPSA) is 72.5 Å². The summed E-state index contributed by atoms with van der Waals surface area (Å²) in [7, 11) is 0. The van der Waals surface area contributed by atoms with Crippen LogP contribution in [0.15, 0.2) is 88.8 Å². The fourth-order valence-corrected chi connectivity index (χ4v) is 5.93. The van der Waals surface area contributed by atoms with Crippen LogP contribution in [0, 0.1) is 0 Å². The molecule has 0 saturated heterocycles. The highest BCUT2D eigenvalue weighted by Crippen LogP contribution is 2.35. The van der Waals surface area contributed by atoms with Crippen molar-refractivity contribution in [1.29, 1.82) is 0 Å². The Kier molecular flexibility index (Phi) is 5.60. The lowest BCUT2D eigenvalue weighted by Crippen LogP contribution is -2.40. The predicted octanol–water partition coefficient (Wildman–Crippen LogP) is 4.55. The van der Waals surface area contributed by atoms with Gasteiger partial charge in [-0.3, -0.25) is 18.6 Å². The molecule has 1 amide bonds. The number of thioether (sulfide) groups is 1. The van der Waals surface area contributed by atoms with Gasteiger partial charge < -0.3 is 4.90 Å². The van der Waals surface area contributed by atoms with Crippen molar-refractivity contribution in [3.05, 3.63) is 100 Å². The second kappa shape index (κ2) is 8.95. The van der Waals surface area contributed by atoms with Gasteiger partial charge in [-0.1, -0.05) is 72.4 Å².